The molecule has 528 valence electrons. The Kier molecular flexibility index (Phi) is 26.4. The first-order valence-corrected chi connectivity index (χ1v) is 37.3. The van der Waals surface area contributed by atoms with E-state index in [0.717, 1.165) is 80.7 Å². The van der Waals surface area contributed by atoms with E-state index in [1.54, 1.807) is 54.7 Å². The lowest BCUT2D eigenvalue weighted by atomic mass is 9.97. The molecule has 13 rings (SSSR count). The molecular formula is C72H78ClN13O10S5. The Morgan fingerprint density at radius 1 is 0.683 bits per heavy atom. The number of aliphatic hydroxyl groups is 1. The predicted octanol–water partition coefficient (Wildman–Crippen LogP) is 12.2. The number of rotatable bonds is 18. The lowest BCUT2D eigenvalue weighted by molar-refractivity contribution is -0.133. The summed E-state index contributed by atoms with van der Waals surface area (Å²) < 4.78 is 12.9. The molecule has 3 aliphatic heterocycles. The number of amides is 9. The molecule has 9 amide bonds. The van der Waals surface area contributed by atoms with Crippen LogP contribution in [0.4, 0.5) is 14.4 Å². The Morgan fingerprint density at radius 3 is 2.00 bits per heavy atom. The van der Waals surface area contributed by atoms with Gasteiger partial charge in [-0.15, -0.1) is 39.1 Å². The molecule has 29 heteroatoms. The third-order valence-electron chi connectivity index (χ3n) is 16.5. The van der Waals surface area contributed by atoms with Crippen LogP contribution in [0, 0.1) is 18.8 Å². The molecule has 3 aliphatic rings. The average Bonchev–Trinajstić information content (AvgIpc) is 1.75. The van der Waals surface area contributed by atoms with Crippen molar-refractivity contribution in [2.45, 2.75) is 91.1 Å². The van der Waals surface area contributed by atoms with Crippen molar-refractivity contribution in [3.8, 4) is 5.19 Å². The fraction of sp³-hybridized carbons (Fsp3) is 0.333. The van der Waals surface area contributed by atoms with Crippen molar-refractivity contribution < 1.29 is 43.4 Å². The van der Waals surface area contributed by atoms with Gasteiger partial charge in [-0.25, -0.2) is 29.3 Å². The molecule has 0 spiro atoms. The van der Waals surface area contributed by atoms with E-state index in [1.165, 1.54) is 49.8 Å². The van der Waals surface area contributed by atoms with Crippen LogP contribution in [-0.2, 0) is 24.4 Å². The van der Waals surface area contributed by atoms with Crippen LogP contribution < -0.4 is 36.9 Å². The maximum atomic E-state index is 12.7. The monoisotopic (exact) mass is 1480 g/mol. The molecule has 6 aromatic heterocycles. The number of benzene rings is 4. The molecule has 3 saturated heterocycles. The molecule has 9 heterocycles. The summed E-state index contributed by atoms with van der Waals surface area (Å²) >= 11 is 12.6. The zero-order valence-corrected chi connectivity index (χ0v) is 60.9. The zero-order chi connectivity index (χ0) is 71.4. The maximum absolute atomic E-state index is 12.7. The van der Waals surface area contributed by atoms with Gasteiger partial charge in [0.1, 0.15) is 11.0 Å². The zero-order valence-electron chi connectivity index (χ0n) is 56.1. The van der Waals surface area contributed by atoms with E-state index in [1.807, 2.05) is 140 Å². The minimum Gasteiger partial charge on any atom is -0.470 e. The number of carbonyl (C=O) groups excluding carboxylic acids is 7. The first-order valence-electron chi connectivity index (χ1n) is 32.9. The summed E-state index contributed by atoms with van der Waals surface area (Å²) in [6.45, 7) is 13.7. The molecule has 4 aromatic carbocycles. The number of ketones is 1. The number of aromatic nitrogens is 5. The lowest BCUT2D eigenvalue weighted by Gasteiger charge is -2.34. The van der Waals surface area contributed by atoms with Gasteiger partial charge in [0.05, 0.1) is 66.9 Å². The van der Waals surface area contributed by atoms with Crippen molar-refractivity contribution in [1.82, 2.24) is 65.4 Å². The van der Waals surface area contributed by atoms with E-state index < -0.39 is 6.10 Å². The molecule has 3 fully saturated rings. The highest BCUT2D eigenvalue weighted by Gasteiger charge is 2.30. The van der Waals surface area contributed by atoms with Crippen molar-refractivity contribution in [1.29, 1.82) is 0 Å². The predicted molar refractivity (Wildman–Crippen MR) is 396 cm³/mol. The van der Waals surface area contributed by atoms with Crippen molar-refractivity contribution in [3.05, 3.63) is 213 Å². The first-order chi connectivity index (χ1) is 48.7. The van der Waals surface area contributed by atoms with Crippen LogP contribution >= 0.6 is 68.5 Å². The van der Waals surface area contributed by atoms with Crippen LogP contribution in [0.2, 0.25) is 4.34 Å². The number of nitrogens with zero attached hydrogens (tertiary/aromatic N) is 8. The number of halogens is 1. The molecule has 0 aliphatic carbocycles. The SMILES string of the molecule is CC(C)(C)NC(=O)N1CCC(CNC(=O)N2CCNC2=O)CC1.Cc1nnsc1C(=O)NCc1ccc(C(=O)c2ccccc2)s1.O=C(CCn1cnc2ccccc2c1=O)N1CCC(COc2nc3ccccc3s2)CC1.O=C(NCc1ccc(C(O)c2ccccc2)s1)c1ccc(Cl)s1. The van der Waals surface area contributed by atoms with Gasteiger partial charge in [-0.05, 0) is 143 Å². The van der Waals surface area contributed by atoms with Gasteiger partial charge in [0.15, 0.2) is 0 Å². The van der Waals surface area contributed by atoms with Crippen molar-refractivity contribution in [2.24, 2.45) is 11.8 Å². The number of aryl methyl sites for hydroxylation is 2. The number of aliphatic hydroxyl groups excluding tert-OH is 1. The van der Waals surface area contributed by atoms with Crippen LogP contribution in [0.15, 0.2) is 157 Å². The number of hydrogen-bond acceptors (Lipinski definition) is 19. The highest BCUT2D eigenvalue weighted by molar-refractivity contribution is 7.20. The first kappa shape index (κ1) is 74.4. The molecule has 101 heavy (non-hydrogen) atoms. The van der Waals surface area contributed by atoms with E-state index in [-0.39, 0.29) is 52.7 Å². The van der Waals surface area contributed by atoms with Gasteiger partial charge in [0.2, 0.25) is 11.7 Å². The van der Waals surface area contributed by atoms with Gasteiger partial charge in [-0.1, -0.05) is 112 Å². The molecule has 6 N–H and O–H groups in total. The fourth-order valence-corrected chi connectivity index (χ4v) is 15.2. The number of imide groups is 1. The van der Waals surface area contributed by atoms with Gasteiger partial charge < -0.3 is 46.2 Å². The number of ether oxygens (including phenoxy) is 1. The van der Waals surface area contributed by atoms with Gasteiger partial charge in [-0.2, -0.15) is 0 Å². The maximum Gasteiger partial charge on any atom is 0.325 e. The molecular weight excluding hydrogens is 1400 g/mol. The number of piperidine rings is 2. The minimum absolute atomic E-state index is 0.00400. The summed E-state index contributed by atoms with van der Waals surface area (Å²) in [5, 5.41) is 29.5. The van der Waals surface area contributed by atoms with Crippen LogP contribution in [0.1, 0.15) is 119 Å². The van der Waals surface area contributed by atoms with Crippen LogP contribution in [0.3, 0.4) is 0 Å². The van der Waals surface area contributed by atoms with Crippen LogP contribution in [-0.4, -0.2) is 143 Å². The molecule has 0 bridgehead atoms. The number of nitrogens with one attached hydrogen (secondary N) is 5. The summed E-state index contributed by atoms with van der Waals surface area (Å²) in [7, 11) is 0. The Morgan fingerprint density at radius 2 is 1.33 bits per heavy atom. The highest BCUT2D eigenvalue weighted by Crippen LogP contribution is 2.31. The number of thiazole rings is 1. The molecule has 1 atom stereocenters. The molecule has 0 radical (unpaired) electrons. The number of hydrogen-bond donors (Lipinski definition) is 6. The minimum atomic E-state index is -0.637. The van der Waals surface area contributed by atoms with E-state index >= 15 is 0 Å². The van der Waals surface area contributed by atoms with Gasteiger partial charge in [0.25, 0.3) is 22.6 Å². The number of para-hydroxylation sites is 2. The standard InChI is InChI=1S/C24H24N4O3S.C17H14ClNO2S2.C16H13N3O2S2.C15H27N5O3/c29-22(11-14-28-16-25-19-6-2-1-5-18(19)23(28)30)27-12-9-17(10-13-27)15-31-24-26-20-7-3-4-8-21(20)32-24;18-15-9-8-14(23-15)17(21)19-10-12-6-7-13(22-12)16(20)11-4-2-1-3-5-11;1-10-15(23-19-18-10)16(21)17-9-12-7-8-13(22-12)14(20)11-5-3-2-4-6-11;1-15(2,3)18-14(23)19-7-4-11(5-8-19)10-17-13(22)20-9-6-16-12(20)21/h1-8,16-17H,9-15H2;1-9,16,20H,10H2,(H,19,21);2-8H,9H2,1H3,(H,17,21);11H,4-10H2,1-3H3,(H,16,21)(H,17,22)(H,18,23). The van der Waals surface area contributed by atoms with Crippen LogP contribution in [0.5, 0.6) is 5.19 Å². The Labute approximate surface area is 609 Å². The summed E-state index contributed by atoms with van der Waals surface area (Å²) in [5.41, 5.74) is 3.45. The average molecular weight is 1480 g/mol. The van der Waals surface area contributed by atoms with E-state index in [4.69, 9.17) is 16.3 Å². The van der Waals surface area contributed by atoms with E-state index in [0.29, 0.717) is 124 Å². The van der Waals surface area contributed by atoms with Gasteiger partial charge in [0, 0.05) is 84.5 Å². The Bertz CT molecular complexity index is 4480. The van der Waals surface area contributed by atoms with Gasteiger partial charge >= 0.3 is 18.1 Å². The second-order valence-corrected chi connectivity index (χ2v) is 30.8. The van der Waals surface area contributed by atoms with Crippen molar-refractivity contribution in [3.63, 3.8) is 0 Å². The van der Waals surface area contributed by atoms with Crippen LogP contribution in [0.25, 0.3) is 21.1 Å². The largest absolute Gasteiger partial charge is 0.470 e. The topological polar surface area (TPSA) is 292 Å². The second kappa shape index (κ2) is 35.8. The molecule has 10 aromatic rings. The summed E-state index contributed by atoms with van der Waals surface area (Å²) in [4.78, 5) is 115. The lowest BCUT2D eigenvalue weighted by Crippen LogP contribution is -2.51. The fourth-order valence-electron chi connectivity index (χ4n) is 11.0. The third-order valence-corrected chi connectivity index (χ3v) is 21.7. The summed E-state index contributed by atoms with van der Waals surface area (Å²) in [5.74, 6) is 0.496. The molecule has 23 nitrogen and oxygen atoms in total. The number of likely N-dealkylation sites (tertiary alicyclic amines) is 2. The highest BCUT2D eigenvalue weighted by atomic mass is 35.5. The van der Waals surface area contributed by atoms with E-state index in [2.05, 4.69) is 46.1 Å². The molecule has 1 unspecified atom stereocenters. The Hall–Kier alpha value is -9.29. The van der Waals surface area contributed by atoms with Gasteiger partial charge in [-0.3, -0.25) is 28.5 Å². The summed E-state index contributed by atoms with van der Waals surface area (Å²) in [6.07, 6.45) is 4.72. The number of urea groups is 3. The second-order valence-electron chi connectivity index (χ2n) is 25.0. The smallest absolute Gasteiger partial charge is 0.325 e. The Balaban J connectivity index is 0.000000147. The third kappa shape index (κ3) is 21.4. The normalized spacial score (nSPS) is 14.3. The van der Waals surface area contributed by atoms with E-state index in [9.17, 15) is 43.5 Å². The number of thiophene rings is 3. The van der Waals surface area contributed by atoms with Crippen molar-refractivity contribution in [2.75, 3.05) is 52.4 Å². The molecule has 0 saturated carbocycles. The van der Waals surface area contributed by atoms with Crippen molar-refractivity contribution >= 4 is 131 Å². The summed E-state index contributed by atoms with van der Waals surface area (Å²) in [6, 6.07) is 44.1. The number of carbonyl (C=O) groups is 7. The quantitative estimate of drug-likeness (QED) is 0.0436. The number of fused-ring (bicyclic) bond motifs is 2.